The van der Waals surface area contributed by atoms with Crippen LogP contribution < -0.4 is 10.6 Å². The topological polar surface area (TPSA) is 106 Å². The smallest absolute Gasteiger partial charge is 0.322 e. The standard InChI is InChI=1S/C22H31BrN4O5/c1-3-30-12-6-10-24-21(28)19-16-32-20(26-19)15-27(11-7-13-31-4-2)22(29)25-18-9-5-8-17(23)14-18/h5,8-9,14,16H,3-4,6-7,10-13,15H2,1-2H3,(H,24,28)(H,25,29). The predicted molar refractivity (Wildman–Crippen MR) is 125 cm³/mol. The molecular weight excluding hydrogens is 480 g/mol. The Balaban J connectivity index is 1.96. The molecule has 176 valence electrons. The average molecular weight is 511 g/mol. The lowest BCUT2D eigenvalue weighted by Gasteiger charge is -2.21. The molecule has 0 saturated carbocycles. The van der Waals surface area contributed by atoms with Crippen LogP contribution in [-0.4, -0.2) is 61.3 Å². The SMILES string of the molecule is CCOCCCNC(=O)c1coc(CN(CCCOCC)C(=O)Nc2cccc(Br)c2)n1. The number of anilines is 1. The fourth-order valence-electron chi connectivity index (χ4n) is 2.79. The normalized spacial score (nSPS) is 10.7. The van der Waals surface area contributed by atoms with Crippen LogP contribution in [0.1, 0.15) is 43.1 Å². The van der Waals surface area contributed by atoms with Gasteiger partial charge in [-0.25, -0.2) is 9.78 Å². The van der Waals surface area contributed by atoms with Crippen molar-refractivity contribution in [1.29, 1.82) is 0 Å². The zero-order valence-corrected chi connectivity index (χ0v) is 20.2. The van der Waals surface area contributed by atoms with Gasteiger partial charge in [0.25, 0.3) is 5.91 Å². The average Bonchev–Trinajstić information content (AvgIpc) is 3.24. The van der Waals surface area contributed by atoms with Crippen molar-refractivity contribution in [2.45, 2.75) is 33.2 Å². The lowest BCUT2D eigenvalue weighted by atomic mass is 10.3. The molecule has 0 aliphatic heterocycles. The van der Waals surface area contributed by atoms with Gasteiger partial charge in [0.15, 0.2) is 5.69 Å². The summed E-state index contributed by atoms with van der Waals surface area (Å²) in [5, 5.41) is 5.65. The molecule has 0 aliphatic carbocycles. The van der Waals surface area contributed by atoms with E-state index in [9.17, 15) is 9.59 Å². The quantitative estimate of drug-likeness (QED) is 0.371. The van der Waals surface area contributed by atoms with E-state index in [2.05, 4.69) is 31.5 Å². The highest BCUT2D eigenvalue weighted by molar-refractivity contribution is 9.10. The zero-order chi connectivity index (χ0) is 23.2. The third-order valence-electron chi connectivity index (χ3n) is 4.35. The van der Waals surface area contributed by atoms with E-state index in [1.807, 2.05) is 32.0 Å². The summed E-state index contributed by atoms with van der Waals surface area (Å²) in [6.45, 7) is 7.31. The second-order valence-electron chi connectivity index (χ2n) is 6.85. The fourth-order valence-corrected chi connectivity index (χ4v) is 3.18. The number of rotatable bonds is 14. The van der Waals surface area contributed by atoms with E-state index in [1.54, 1.807) is 11.0 Å². The van der Waals surface area contributed by atoms with Crippen LogP contribution in [-0.2, 0) is 16.0 Å². The molecule has 0 fully saturated rings. The van der Waals surface area contributed by atoms with Crippen molar-refractivity contribution in [3.05, 3.63) is 46.6 Å². The molecule has 3 amide bonds. The molecule has 0 saturated heterocycles. The van der Waals surface area contributed by atoms with Gasteiger partial charge in [0, 0.05) is 49.7 Å². The minimum absolute atomic E-state index is 0.129. The summed E-state index contributed by atoms with van der Waals surface area (Å²) in [7, 11) is 0. The van der Waals surface area contributed by atoms with E-state index in [1.165, 1.54) is 6.26 Å². The Labute approximate surface area is 197 Å². The number of benzene rings is 1. The molecule has 2 N–H and O–H groups in total. The molecule has 0 radical (unpaired) electrons. The Bertz CT molecular complexity index is 845. The van der Waals surface area contributed by atoms with Gasteiger partial charge in [-0.15, -0.1) is 0 Å². The van der Waals surface area contributed by atoms with Gasteiger partial charge in [0.1, 0.15) is 6.26 Å². The number of halogens is 1. The first-order chi connectivity index (χ1) is 15.5. The first-order valence-corrected chi connectivity index (χ1v) is 11.5. The maximum Gasteiger partial charge on any atom is 0.322 e. The Morgan fingerprint density at radius 3 is 2.62 bits per heavy atom. The van der Waals surface area contributed by atoms with Gasteiger partial charge in [-0.05, 0) is 44.9 Å². The molecule has 9 nitrogen and oxygen atoms in total. The maximum atomic E-state index is 12.9. The largest absolute Gasteiger partial charge is 0.446 e. The van der Waals surface area contributed by atoms with Gasteiger partial charge in [-0.3, -0.25) is 4.79 Å². The second kappa shape index (κ2) is 14.6. The number of hydrogen-bond donors (Lipinski definition) is 2. The van der Waals surface area contributed by atoms with Crippen LogP contribution in [0.15, 0.2) is 39.4 Å². The molecule has 0 aliphatic rings. The number of carbonyl (C=O) groups is 2. The highest BCUT2D eigenvalue weighted by atomic mass is 79.9. The molecule has 0 unspecified atom stereocenters. The number of urea groups is 1. The molecule has 32 heavy (non-hydrogen) atoms. The maximum absolute atomic E-state index is 12.9. The first-order valence-electron chi connectivity index (χ1n) is 10.7. The van der Waals surface area contributed by atoms with Crippen LogP contribution in [0, 0.1) is 0 Å². The van der Waals surface area contributed by atoms with E-state index < -0.39 is 0 Å². The van der Waals surface area contributed by atoms with E-state index >= 15 is 0 Å². The number of oxazole rings is 1. The number of amides is 3. The highest BCUT2D eigenvalue weighted by Crippen LogP contribution is 2.17. The summed E-state index contributed by atoms with van der Waals surface area (Å²) in [5.41, 5.74) is 0.844. The minimum Gasteiger partial charge on any atom is -0.446 e. The predicted octanol–water partition coefficient (Wildman–Crippen LogP) is 4.05. The van der Waals surface area contributed by atoms with E-state index in [0.717, 1.165) is 4.47 Å². The summed E-state index contributed by atoms with van der Waals surface area (Å²) in [4.78, 5) is 30.9. The van der Waals surface area contributed by atoms with Crippen LogP contribution in [0.5, 0.6) is 0 Å². The van der Waals surface area contributed by atoms with Crippen molar-refractivity contribution >= 4 is 33.6 Å². The Hall–Kier alpha value is -2.43. The molecule has 2 aromatic rings. The Morgan fingerprint density at radius 2 is 1.91 bits per heavy atom. The number of carbonyl (C=O) groups excluding carboxylic acids is 2. The molecule has 0 spiro atoms. The monoisotopic (exact) mass is 510 g/mol. The van der Waals surface area contributed by atoms with Crippen LogP contribution in [0.2, 0.25) is 0 Å². The number of hydrogen-bond acceptors (Lipinski definition) is 6. The minimum atomic E-state index is -0.321. The summed E-state index contributed by atoms with van der Waals surface area (Å²) < 4.78 is 16.9. The Kier molecular flexibility index (Phi) is 11.8. The Morgan fingerprint density at radius 1 is 1.16 bits per heavy atom. The van der Waals surface area contributed by atoms with Gasteiger partial charge in [-0.2, -0.15) is 0 Å². The number of nitrogens with zero attached hydrogens (tertiary/aromatic N) is 2. The number of ether oxygens (including phenoxy) is 2. The van der Waals surface area contributed by atoms with Gasteiger partial charge >= 0.3 is 6.03 Å². The molecular formula is C22H31BrN4O5. The lowest BCUT2D eigenvalue weighted by molar-refractivity contribution is 0.0939. The molecule has 0 atom stereocenters. The number of aromatic nitrogens is 1. The fraction of sp³-hybridized carbons (Fsp3) is 0.500. The van der Waals surface area contributed by atoms with Gasteiger partial charge in [0.05, 0.1) is 6.54 Å². The second-order valence-corrected chi connectivity index (χ2v) is 7.76. The number of nitrogens with one attached hydrogen (secondary N) is 2. The summed E-state index contributed by atoms with van der Waals surface area (Å²) in [6, 6.07) is 7.05. The van der Waals surface area contributed by atoms with Crippen LogP contribution in [0.25, 0.3) is 0 Å². The highest BCUT2D eigenvalue weighted by Gasteiger charge is 2.19. The van der Waals surface area contributed by atoms with Crippen molar-refractivity contribution in [2.24, 2.45) is 0 Å². The molecule has 0 bridgehead atoms. The summed E-state index contributed by atoms with van der Waals surface area (Å²) in [6.07, 6.45) is 2.68. The van der Waals surface area contributed by atoms with Gasteiger partial charge < -0.3 is 29.4 Å². The first kappa shape index (κ1) is 25.8. The molecule has 1 heterocycles. The van der Waals surface area contributed by atoms with Crippen molar-refractivity contribution < 1.29 is 23.5 Å². The van der Waals surface area contributed by atoms with Crippen LogP contribution in [0.3, 0.4) is 0 Å². The van der Waals surface area contributed by atoms with Crippen LogP contribution >= 0.6 is 15.9 Å². The third kappa shape index (κ3) is 9.37. The van der Waals surface area contributed by atoms with E-state index in [0.29, 0.717) is 58.0 Å². The van der Waals surface area contributed by atoms with E-state index in [4.69, 9.17) is 13.9 Å². The van der Waals surface area contributed by atoms with Crippen molar-refractivity contribution in [3.8, 4) is 0 Å². The van der Waals surface area contributed by atoms with Crippen molar-refractivity contribution in [3.63, 3.8) is 0 Å². The molecule has 10 heteroatoms. The van der Waals surface area contributed by atoms with Crippen molar-refractivity contribution in [1.82, 2.24) is 15.2 Å². The van der Waals surface area contributed by atoms with Crippen molar-refractivity contribution in [2.75, 3.05) is 44.8 Å². The summed E-state index contributed by atoms with van der Waals surface area (Å²) >= 11 is 3.40. The zero-order valence-electron chi connectivity index (χ0n) is 18.6. The van der Waals surface area contributed by atoms with E-state index in [-0.39, 0.29) is 30.1 Å². The summed E-state index contributed by atoms with van der Waals surface area (Å²) in [5.74, 6) is -0.0387. The van der Waals surface area contributed by atoms with Crippen LogP contribution in [0.4, 0.5) is 10.5 Å². The van der Waals surface area contributed by atoms with Gasteiger partial charge in [-0.1, -0.05) is 22.0 Å². The third-order valence-corrected chi connectivity index (χ3v) is 4.84. The lowest BCUT2D eigenvalue weighted by Crippen LogP contribution is -2.36. The molecule has 2 rings (SSSR count). The van der Waals surface area contributed by atoms with Gasteiger partial charge in [0.2, 0.25) is 5.89 Å². The molecule has 1 aromatic carbocycles. The molecule has 1 aromatic heterocycles.